The molecule has 24 heavy (non-hydrogen) atoms. The van der Waals surface area contributed by atoms with Crippen molar-refractivity contribution in [3.63, 3.8) is 0 Å². The van der Waals surface area contributed by atoms with Crippen LogP contribution < -0.4 is 0 Å². The lowest BCUT2D eigenvalue weighted by Crippen LogP contribution is -2.00. The van der Waals surface area contributed by atoms with Gasteiger partial charge in [-0.25, -0.2) is 0 Å². The maximum absolute atomic E-state index is 5.37. The first-order valence-corrected chi connectivity index (χ1v) is 8.13. The number of hydrogen-bond acceptors (Lipinski definition) is 4. The highest BCUT2D eigenvalue weighted by Crippen LogP contribution is 2.04. The molecule has 0 radical (unpaired) electrons. The smallest absolute Gasteiger partial charge is 0.142 e. The van der Waals surface area contributed by atoms with Crippen molar-refractivity contribution in [1.82, 2.24) is 0 Å². The Balaban J connectivity index is 1.65. The van der Waals surface area contributed by atoms with E-state index in [-0.39, 0.29) is 0 Å². The van der Waals surface area contributed by atoms with Gasteiger partial charge in [-0.05, 0) is 37.8 Å². The average molecular weight is 324 g/mol. The Morgan fingerprint density at radius 3 is 1.42 bits per heavy atom. The van der Waals surface area contributed by atoms with Crippen molar-refractivity contribution >= 4 is 11.4 Å². The summed E-state index contributed by atoms with van der Waals surface area (Å²) < 4.78 is 0. The van der Waals surface area contributed by atoms with Gasteiger partial charge in [0.1, 0.15) is 13.2 Å². The highest BCUT2D eigenvalue weighted by atomic mass is 16.6. The minimum atomic E-state index is 0.492. The van der Waals surface area contributed by atoms with Crippen LogP contribution in [0.15, 0.2) is 71.0 Å². The summed E-state index contributed by atoms with van der Waals surface area (Å²) in [5.74, 6) is 0. The van der Waals surface area contributed by atoms with Gasteiger partial charge in [0.2, 0.25) is 0 Å². The van der Waals surface area contributed by atoms with E-state index in [2.05, 4.69) is 10.3 Å². The maximum Gasteiger partial charge on any atom is 0.142 e. The van der Waals surface area contributed by atoms with Crippen LogP contribution in [0.1, 0.15) is 37.8 Å². The first kappa shape index (κ1) is 17.7. The van der Waals surface area contributed by atoms with Gasteiger partial charge in [-0.1, -0.05) is 71.0 Å². The summed E-state index contributed by atoms with van der Waals surface area (Å²) >= 11 is 0. The summed E-state index contributed by atoms with van der Waals surface area (Å²) in [6.45, 7) is 4.91. The molecule has 2 aromatic rings. The lowest BCUT2D eigenvalue weighted by molar-refractivity contribution is 0.129. The van der Waals surface area contributed by atoms with Crippen LogP contribution >= 0.6 is 0 Å². The van der Waals surface area contributed by atoms with Gasteiger partial charge in [0.05, 0.1) is 11.4 Å². The number of nitrogens with zero attached hydrogens (tertiary/aromatic N) is 2. The molecule has 0 aromatic heterocycles. The molecule has 0 bridgehead atoms. The van der Waals surface area contributed by atoms with Gasteiger partial charge in [0.15, 0.2) is 0 Å². The summed E-state index contributed by atoms with van der Waals surface area (Å²) in [6.07, 6.45) is 1.61. The topological polar surface area (TPSA) is 43.2 Å². The third kappa shape index (κ3) is 7.09. The van der Waals surface area contributed by atoms with Crippen LogP contribution in [0.4, 0.5) is 0 Å². The SMILES string of the molecule is CC(CCC(C)=NOCc1ccccc1)=NOCc1ccccc1. The predicted molar refractivity (Wildman–Crippen MR) is 97.9 cm³/mol. The van der Waals surface area contributed by atoms with Crippen LogP contribution in [-0.2, 0) is 22.9 Å². The van der Waals surface area contributed by atoms with Crippen molar-refractivity contribution < 1.29 is 9.68 Å². The number of benzene rings is 2. The fourth-order valence-corrected chi connectivity index (χ4v) is 2.04. The molecule has 0 amide bonds. The molecule has 0 saturated heterocycles. The van der Waals surface area contributed by atoms with E-state index in [4.69, 9.17) is 9.68 Å². The summed E-state index contributed by atoms with van der Waals surface area (Å²) in [6, 6.07) is 20.0. The van der Waals surface area contributed by atoms with Crippen molar-refractivity contribution in [2.75, 3.05) is 0 Å². The number of rotatable bonds is 9. The van der Waals surface area contributed by atoms with Gasteiger partial charge in [-0.2, -0.15) is 0 Å². The predicted octanol–water partition coefficient (Wildman–Crippen LogP) is 4.95. The van der Waals surface area contributed by atoms with E-state index in [1.807, 2.05) is 74.5 Å². The molecule has 2 rings (SSSR count). The lowest BCUT2D eigenvalue weighted by atomic mass is 10.2. The van der Waals surface area contributed by atoms with Crippen LogP contribution in [0.2, 0.25) is 0 Å². The zero-order valence-electron chi connectivity index (χ0n) is 14.3. The molecule has 0 N–H and O–H groups in total. The normalized spacial score (nSPS) is 12.1. The van der Waals surface area contributed by atoms with Crippen LogP contribution in [0.3, 0.4) is 0 Å². The third-order valence-corrected chi connectivity index (χ3v) is 3.44. The Kier molecular flexibility index (Phi) is 7.54. The van der Waals surface area contributed by atoms with E-state index >= 15 is 0 Å². The summed E-state index contributed by atoms with van der Waals surface area (Å²) in [5, 5.41) is 8.28. The molecule has 126 valence electrons. The van der Waals surface area contributed by atoms with E-state index in [0.717, 1.165) is 35.4 Å². The molecule has 4 heteroatoms. The fourth-order valence-electron chi connectivity index (χ4n) is 2.04. The highest BCUT2D eigenvalue weighted by molar-refractivity contribution is 5.88. The van der Waals surface area contributed by atoms with Gasteiger partial charge in [0, 0.05) is 0 Å². The molecular weight excluding hydrogens is 300 g/mol. The molecule has 0 heterocycles. The van der Waals surface area contributed by atoms with Crippen LogP contribution in [0.25, 0.3) is 0 Å². The molecule has 0 aliphatic heterocycles. The first-order valence-electron chi connectivity index (χ1n) is 8.13. The molecule has 4 nitrogen and oxygen atoms in total. The summed E-state index contributed by atoms with van der Waals surface area (Å²) in [7, 11) is 0. The van der Waals surface area contributed by atoms with Gasteiger partial charge in [0.25, 0.3) is 0 Å². The molecule has 0 atom stereocenters. The Morgan fingerprint density at radius 1 is 0.667 bits per heavy atom. The van der Waals surface area contributed by atoms with Crippen molar-refractivity contribution in [3.8, 4) is 0 Å². The summed E-state index contributed by atoms with van der Waals surface area (Å²) in [5.41, 5.74) is 4.12. The molecule has 0 spiro atoms. The maximum atomic E-state index is 5.37. The van der Waals surface area contributed by atoms with Gasteiger partial charge in [-0.15, -0.1) is 0 Å². The molecule has 0 aliphatic carbocycles. The molecule has 0 saturated carbocycles. The van der Waals surface area contributed by atoms with E-state index in [1.165, 1.54) is 0 Å². The molecule has 0 aliphatic rings. The molecular formula is C20H24N2O2. The van der Waals surface area contributed by atoms with Crippen LogP contribution in [-0.4, -0.2) is 11.4 Å². The first-order chi connectivity index (χ1) is 11.7. The number of oxime groups is 2. The van der Waals surface area contributed by atoms with Gasteiger partial charge >= 0.3 is 0 Å². The molecule has 0 fully saturated rings. The van der Waals surface area contributed by atoms with E-state index in [0.29, 0.717) is 13.2 Å². The lowest BCUT2D eigenvalue weighted by Gasteiger charge is -2.04. The van der Waals surface area contributed by atoms with Gasteiger partial charge in [-0.3, -0.25) is 0 Å². The quantitative estimate of drug-likeness (QED) is 0.484. The molecule has 0 unspecified atom stereocenters. The van der Waals surface area contributed by atoms with E-state index < -0.39 is 0 Å². The Labute approximate surface area is 143 Å². The minimum absolute atomic E-state index is 0.492. The van der Waals surface area contributed by atoms with Crippen LogP contribution in [0.5, 0.6) is 0 Å². The second kappa shape index (κ2) is 10.2. The van der Waals surface area contributed by atoms with E-state index in [9.17, 15) is 0 Å². The second-order valence-corrected chi connectivity index (χ2v) is 5.67. The monoisotopic (exact) mass is 324 g/mol. The van der Waals surface area contributed by atoms with Crippen molar-refractivity contribution in [2.24, 2.45) is 10.3 Å². The fraction of sp³-hybridized carbons (Fsp3) is 0.300. The largest absolute Gasteiger partial charge is 0.391 e. The van der Waals surface area contributed by atoms with Crippen LogP contribution in [0, 0.1) is 0 Å². The zero-order valence-corrected chi connectivity index (χ0v) is 14.3. The second-order valence-electron chi connectivity index (χ2n) is 5.67. The average Bonchev–Trinajstić information content (AvgIpc) is 2.62. The Bertz CT molecular complexity index is 592. The van der Waals surface area contributed by atoms with Crippen molar-refractivity contribution in [1.29, 1.82) is 0 Å². The van der Waals surface area contributed by atoms with Gasteiger partial charge < -0.3 is 9.68 Å². The number of hydrogen-bond donors (Lipinski definition) is 0. The summed E-state index contributed by atoms with van der Waals surface area (Å²) in [4.78, 5) is 10.7. The zero-order chi connectivity index (χ0) is 17.0. The van der Waals surface area contributed by atoms with E-state index in [1.54, 1.807) is 0 Å². The Hall–Kier alpha value is -2.62. The minimum Gasteiger partial charge on any atom is -0.391 e. The molecule has 2 aromatic carbocycles. The van der Waals surface area contributed by atoms with Crippen molar-refractivity contribution in [2.45, 2.75) is 39.9 Å². The standard InChI is InChI=1S/C20H24N2O2/c1-17(21-23-15-19-9-5-3-6-10-19)13-14-18(2)22-24-16-20-11-7-4-8-12-20/h3-12H,13-16H2,1-2H3. The third-order valence-electron chi connectivity index (χ3n) is 3.44. The highest BCUT2D eigenvalue weighted by Gasteiger charge is 1.98. The Morgan fingerprint density at radius 2 is 1.04 bits per heavy atom. The van der Waals surface area contributed by atoms with Crippen molar-refractivity contribution in [3.05, 3.63) is 71.8 Å².